The normalized spacial score (nSPS) is 12.3. The summed E-state index contributed by atoms with van der Waals surface area (Å²) in [7, 11) is 0. The van der Waals surface area contributed by atoms with Gasteiger partial charge in [-0.15, -0.1) is 0 Å². The number of aromatic nitrogens is 1. The van der Waals surface area contributed by atoms with Gasteiger partial charge in [0.2, 0.25) is 3.79 Å². The number of pyridine rings is 1. The van der Waals surface area contributed by atoms with Crippen LogP contribution in [-0.4, -0.2) is 25.8 Å². The lowest BCUT2D eigenvalue weighted by Gasteiger charge is -2.27. The minimum Gasteiger partial charge on any atom is -0.362 e. The van der Waals surface area contributed by atoms with Gasteiger partial charge < -0.3 is 10.6 Å². The summed E-state index contributed by atoms with van der Waals surface area (Å²) in [5, 5.41) is 16.1. The zero-order valence-electron chi connectivity index (χ0n) is 11.9. The third-order valence-corrected chi connectivity index (χ3v) is 3.55. The van der Waals surface area contributed by atoms with E-state index in [9.17, 15) is 14.9 Å². The van der Waals surface area contributed by atoms with Gasteiger partial charge in [-0.1, -0.05) is 40.9 Å². The van der Waals surface area contributed by atoms with Crippen LogP contribution >= 0.6 is 34.8 Å². The molecule has 0 unspecified atom stereocenters. The molecule has 1 aromatic heterocycles. The molecule has 2 rings (SSSR count). The number of nitro benzene ring substituents is 1. The van der Waals surface area contributed by atoms with Gasteiger partial charge in [-0.3, -0.25) is 19.9 Å². The van der Waals surface area contributed by atoms with Gasteiger partial charge in [0.15, 0.2) is 0 Å². The van der Waals surface area contributed by atoms with E-state index in [1.807, 2.05) is 0 Å². The van der Waals surface area contributed by atoms with Crippen LogP contribution in [0.4, 0.5) is 11.4 Å². The maximum absolute atomic E-state index is 12.2. The second kappa shape index (κ2) is 7.65. The minimum atomic E-state index is -1.90. The molecule has 0 saturated carbocycles. The molecule has 0 fully saturated rings. The molecule has 1 amide bonds. The molecule has 0 bridgehead atoms. The van der Waals surface area contributed by atoms with Crippen molar-refractivity contribution in [3.05, 3.63) is 64.5 Å². The summed E-state index contributed by atoms with van der Waals surface area (Å²) in [6, 6.07) is 8.74. The SMILES string of the molecule is O=C(N[C@H](Nc1cccc([N+](=O)[O-])c1)C(Cl)(Cl)Cl)c1cccnc1. The molecule has 1 aromatic carbocycles. The number of rotatable bonds is 5. The van der Waals surface area contributed by atoms with Crippen molar-refractivity contribution in [3.63, 3.8) is 0 Å². The third-order valence-electron chi connectivity index (χ3n) is 2.89. The van der Waals surface area contributed by atoms with E-state index in [0.29, 0.717) is 5.69 Å². The number of hydrogen-bond donors (Lipinski definition) is 2. The summed E-state index contributed by atoms with van der Waals surface area (Å²) >= 11 is 17.7. The summed E-state index contributed by atoms with van der Waals surface area (Å²) in [6.07, 6.45) is 1.75. The Morgan fingerprint density at radius 3 is 2.58 bits per heavy atom. The Morgan fingerprint density at radius 1 is 1.25 bits per heavy atom. The van der Waals surface area contributed by atoms with Crippen LogP contribution in [0.5, 0.6) is 0 Å². The van der Waals surface area contributed by atoms with Gasteiger partial charge in [0.1, 0.15) is 6.17 Å². The lowest BCUT2D eigenvalue weighted by atomic mass is 10.2. The molecule has 126 valence electrons. The number of nitro groups is 1. The number of anilines is 1. The topological polar surface area (TPSA) is 97.2 Å². The van der Waals surface area contributed by atoms with Crippen LogP contribution in [0.3, 0.4) is 0 Å². The molecule has 0 saturated heterocycles. The van der Waals surface area contributed by atoms with Crippen molar-refractivity contribution in [2.45, 2.75) is 9.96 Å². The van der Waals surface area contributed by atoms with Gasteiger partial charge >= 0.3 is 0 Å². The first-order valence-electron chi connectivity index (χ1n) is 6.56. The van der Waals surface area contributed by atoms with Gasteiger partial charge in [-0.05, 0) is 18.2 Å². The van der Waals surface area contributed by atoms with Crippen molar-refractivity contribution in [3.8, 4) is 0 Å². The first-order valence-corrected chi connectivity index (χ1v) is 7.69. The van der Waals surface area contributed by atoms with Crippen LogP contribution in [-0.2, 0) is 0 Å². The zero-order valence-corrected chi connectivity index (χ0v) is 14.2. The molecule has 10 heteroatoms. The highest BCUT2D eigenvalue weighted by Gasteiger charge is 2.34. The van der Waals surface area contributed by atoms with Crippen molar-refractivity contribution in [2.24, 2.45) is 0 Å². The molecular weight excluding hydrogens is 379 g/mol. The van der Waals surface area contributed by atoms with Crippen molar-refractivity contribution in [1.29, 1.82) is 0 Å². The number of halogens is 3. The van der Waals surface area contributed by atoms with Crippen LogP contribution < -0.4 is 10.6 Å². The predicted molar refractivity (Wildman–Crippen MR) is 92.5 cm³/mol. The number of non-ortho nitro benzene ring substituents is 1. The maximum atomic E-state index is 12.2. The lowest BCUT2D eigenvalue weighted by molar-refractivity contribution is -0.384. The summed E-state index contributed by atoms with van der Waals surface area (Å²) in [5.74, 6) is -0.516. The highest BCUT2D eigenvalue weighted by Crippen LogP contribution is 2.31. The highest BCUT2D eigenvalue weighted by atomic mass is 35.6. The number of carbonyl (C=O) groups excluding carboxylic acids is 1. The van der Waals surface area contributed by atoms with Crippen LogP contribution in [0.15, 0.2) is 48.8 Å². The van der Waals surface area contributed by atoms with E-state index in [1.54, 1.807) is 18.2 Å². The van der Waals surface area contributed by atoms with E-state index >= 15 is 0 Å². The van der Waals surface area contributed by atoms with Crippen molar-refractivity contribution >= 4 is 52.1 Å². The molecule has 0 aliphatic carbocycles. The fourth-order valence-corrected chi connectivity index (χ4v) is 2.11. The summed E-state index contributed by atoms with van der Waals surface area (Å²) in [5.41, 5.74) is 0.450. The van der Waals surface area contributed by atoms with Crippen LogP contribution in [0.2, 0.25) is 0 Å². The van der Waals surface area contributed by atoms with E-state index in [-0.39, 0.29) is 11.3 Å². The van der Waals surface area contributed by atoms with Crippen LogP contribution in [0.25, 0.3) is 0 Å². The van der Waals surface area contributed by atoms with Gasteiger partial charge in [0.25, 0.3) is 11.6 Å². The van der Waals surface area contributed by atoms with Crippen molar-refractivity contribution in [1.82, 2.24) is 10.3 Å². The first kappa shape index (κ1) is 18.3. The summed E-state index contributed by atoms with van der Waals surface area (Å²) in [4.78, 5) is 26.3. The average Bonchev–Trinajstić information content (AvgIpc) is 2.54. The Morgan fingerprint density at radius 2 is 2.00 bits per heavy atom. The third kappa shape index (κ3) is 4.95. The number of amides is 1. The van der Waals surface area contributed by atoms with E-state index in [4.69, 9.17) is 34.8 Å². The number of nitrogens with one attached hydrogen (secondary N) is 2. The molecule has 24 heavy (non-hydrogen) atoms. The van der Waals surface area contributed by atoms with Gasteiger partial charge in [0.05, 0.1) is 10.5 Å². The lowest BCUT2D eigenvalue weighted by Crippen LogP contribution is -2.49. The molecule has 0 radical (unpaired) electrons. The molecule has 7 nitrogen and oxygen atoms in total. The van der Waals surface area contributed by atoms with Gasteiger partial charge in [-0.2, -0.15) is 0 Å². The zero-order chi connectivity index (χ0) is 17.7. The Kier molecular flexibility index (Phi) is 5.82. The van der Waals surface area contributed by atoms with Crippen LogP contribution in [0.1, 0.15) is 10.4 Å². The smallest absolute Gasteiger partial charge is 0.271 e. The highest BCUT2D eigenvalue weighted by molar-refractivity contribution is 6.68. The second-order valence-electron chi connectivity index (χ2n) is 4.64. The summed E-state index contributed by atoms with van der Waals surface area (Å²) in [6.45, 7) is 0. The van der Waals surface area contributed by atoms with Crippen molar-refractivity contribution < 1.29 is 9.72 Å². The molecule has 0 aliphatic rings. The standard InChI is InChI=1S/C14H11Cl3N4O3/c15-14(16,17)13(20-12(22)9-3-2-6-18-8-9)19-10-4-1-5-11(7-10)21(23)24/h1-8,13,19H,(H,20,22)/t13-/m0/s1. The Balaban J connectivity index is 2.19. The fraction of sp³-hybridized carbons (Fsp3) is 0.143. The molecule has 1 heterocycles. The fourth-order valence-electron chi connectivity index (χ4n) is 1.79. The van der Waals surface area contributed by atoms with E-state index in [2.05, 4.69) is 15.6 Å². The Bertz CT molecular complexity index is 738. The first-order chi connectivity index (χ1) is 11.3. The summed E-state index contributed by atoms with van der Waals surface area (Å²) < 4.78 is -1.90. The van der Waals surface area contributed by atoms with Gasteiger partial charge in [-0.25, -0.2) is 0 Å². The molecule has 0 aliphatic heterocycles. The molecule has 2 aromatic rings. The van der Waals surface area contributed by atoms with E-state index < -0.39 is 20.8 Å². The average molecular weight is 390 g/mol. The number of carbonyl (C=O) groups is 1. The second-order valence-corrected chi connectivity index (χ2v) is 7.01. The van der Waals surface area contributed by atoms with Gasteiger partial charge in [0, 0.05) is 30.2 Å². The molecule has 2 N–H and O–H groups in total. The number of alkyl halides is 3. The quantitative estimate of drug-likeness (QED) is 0.353. The number of hydrogen-bond acceptors (Lipinski definition) is 5. The van der Waals surface area contributed by atoms with Crippen molar-refractivity contribution in [2.75, 3.05) is 5.32 Å². The number of benzene rings is 1. The predicted octanol–water partition coefficient (Wildman–Crippen LogP) is 3.53. The van der Waals surface area contributed by atoms with E-state index in [1.165, 1.54) is 30.6 Å². The van der Waals surface area contributed by atoms with E-state index in [0.717, 1.165) is 0 Å². The molecular formula is C14H11Cl3N4O3. The minimum absolute atomic E-state index is 0.137. The molecule has 1 atom stereocenters. The van der Waals surface area contributed by atoms with Crippen LogP contribution in [0, 0.1) is 10.1 Å². The monoisotopic (exact) mass is 388 g/mol. The Labute approximate surface area is 152 Å². The number of nitrogens with zero attached hydrogens (tertiary/aromatic N) is 2. The largest absolute Gasteiger partial charge is 0.362 e. The maximum Gasteiger partial charge on any atom is 0.271 e. The Hall–Kier alpha value is -2.09. The molecule has 0 spiro atoms.